The molecule has 0 saturated heterocycles. The van der Waals surface area contributed by atoms with Crippen LogP contribution in [0.15, 0.2) is 54.6 Å². The van der Waals surface area contributed by atoms with Crippen LogP contribution in [0.3, 0.4) is 0 Å². The molecule has 2 N–H and O–H groups in total. The maximum absolute atomic E-state index is 10.3. The normalized spacial score (nSPS) is 16.4. The van der Waals surface area contributed by atoms with Gasteiger partial charge in [0.05, 0.1) is 6.10 Å². The fourth-order valence-electron chi connectivity index (χ4n) is 3.05. The van der Waals surface area contributed by atoms with Crippen molar-refractivity contribution in [2.75, 3.05) is 6.54 Å². The topological polar surface area (TPSA) is 41.5 Å². The van der Waals surface area contributed by atoms with Gasteiger partial charge in [0, 0.05) is 12.6 Å². The predicted molar refractivity (Wildman–Crippen MR) is 92.4 cm³/mol. The lowest BCUT2D eigenvalue weighted by Crippen LogP contribution is -2.30. The van der Waals surface area contributed by atoms with Crippen molar-refractivity contribution in [2.24, 2.45) is 0 Å². The van der Waals surface area contributed by atoms with E-state index in [-0.39, 0.29) is 0 Å². The molecule has 23 heavy (non-hydrogen) atoms. The Morgan fingerprint density at radius 2 is 1.70 bits per heavy atom. The molecule has 1 atom stereocenters. The van der Waals surface area contributed by atoms with Gasteiger partial charge in [-0.05, 0) is 36.1 Å². The average molecular weight is 311 g/mol. The molecule has 0 aromatic heterocycles. The smallest absolute Gasteiger partial charge is 0.119 e. The van der Waals surface area contributed by atoms with Crippen molar-refractivity contribution in [1.82, 2.24) is 5.32 Å². The molecular weight excluding hydrogens is 286 g/mol. The third-order valence-electron chi connectivity index (χ3n) is 4.47. The lowest BCUT2D eigenvalue weighted by molar-refractivity contribution is 0.170. The van der Waals surface area contributed by atoms with Crippen LogP contribution in [-0.2, 0) is 6.61 Å². The molecule has 122 valence electrons. The molecule has 1 aliphatic carbocycles. The number of hydrogen-bond donors (Lipinski definition) is 2. The third kappa shape index (κ3) is 4.81. The summed E-state index contributed by atoms with van der Waals surface area (Å²) in [6.07, 6.45) is 4.62. The first-order valence-electron chi connectivity index (χ1n) is 8.49. The van der Waals surface area contributed by atoms with Gasteiger partial charge in [-0.2, -0.15) is 0 Å². The monoisotopic (exact) mass is 311 g/mol. The molecule has 0 heterocycles. The van der Waals surface area contributed by atoms with E-state index < -0.39 is 6.10 Å². The van der Waals surface area contributed by atoms with Gasteiger partial charge in [0.1, 0.15) is 12.4 Å². The lowest BCUT2D eigenvalue weighted by atomic mass is 10.1. The van der Waals surface area contributed by atoms with Crippen LogP contribution in [0.2, 0.25) is 0 Å². The van der Waals surface area contributed by atoms with Crippen LogP contribution < -0.4 is 10.1 Å². The SMILES string of the molecule is OC(CNC1CCCC1)c1ccc(OCc2ccccc2)cc1. The first-order chi connectivity index (χ1) is 11.3. The Kier molecular flexibility index (Phi) is 5.67. The molecule has 3 rings (SSSR count). The van der Waals surface area contributed by atoms with Gasteiger partial charge in [0.25, 0.3) is 0 Å². The van der Waals surface area contributed by atoms with Crippen molar-refractivity contribution in [2.45, 2.75) is 44.4 Å². The maximum atomic E-state index is 10.3. The largest absolute Gasteiger partial charge is 0.489 e. The number of ether oxygens (including phenoxy) is 1. The molecule has 2 aromatic rings. The number of rotatable bonds is 7. The standard InChI is InChI=1S/C20H25NO2/c22-20(14-21-18-8-4-5-9-18)17-10-12-19(13-11-17)23-15-16-6-2-1-3-7-16/h1-3,6-7,10-13,18,20-22H,4-5,8-9,14-15H2. The molecule has 0 radical (unpaired) electrons. The highest BCUT2D eigenvalue weighted by atomic mass is 16.5. The van der Waals surface area contributed by atoms with Crippen molar-refractivity contribution in [3.8, 4) is 5.75 Å². The second-order valence-electron chi connectivity index (χ2n) is 6.25. The van der Waals surface area contributed by atoms with Crippen molar-refractivity contribution in [3.63, 3.8) is 0 Å². The quantitative estimate of drug-likeness (QED) is 0.816. The fraction of sp³-hybridized carbons (Fsp3) is 0.400. The molecule has 0 spiro atoms. The molecule has 1 aliphatic rings. The fourth-order valence-corrected chi connectivity index (χ4v) is 3.05. The van der Waals surface area contributed by atoms with Crippen molar-refractivity contribution < 1.29 is 9.84 Å². The zero-order chi connectivity index (χ0) is 15.9. The van der Waals surface area contributed by atoms with Crippen LogP contribution in [0, 0.1) is 0 Å². The van der Waals surface area contributed by atoms with Crippen LogP contribution in [0.25, 0.3) is 0 Å². The van der Waals surface area contributed by atoms with Crippen LogP contribution in [0.5, 0.6) is 5.75 Å². The Balaban J connectivity index is 1.47. The number of aliphatic hydroxyl groups is 1. The van der Waals surface area contributed by atoms with E-state index >= 15 is 0 Å². The van der Waals surface area contributed by atoms with E-state index in [1.54, 1.807) is 0 Å². The van der Waals surface area contributed by atoms with E-state index in [0.29, 0.717) is 19.2 Å². The van der Waals surface area contributed by atoms with Gasteiger partial charge in [-0.1, -0.05) is 55.3 Å². The molecule has 0 aliphatic heterocycles. The van der Waals surface area contributed by atoms with Gasteiger partial charge in [0.2, 0.25) is 0 Å². The summed E-state index contributed by atoms with van der Waals surface area (Å²) >= 11 is 0. The summed E-state index contributed by atoms with van der Waals surface area (Å²) in [6, 6.07) is 18.4. The van der Waals surface area contributed by atoms with Crippen LogP contribution >= 0.6 is 0 Å². The summed E-state index contributed by atoms with van der Waals surface area (Å²) in [5.41, 5.74) is 2.08. The van der Waals surface area contributed by atoms with Gasteiger partial charge in [-0.3, -0.25) is 0 Å². The highest BCUT2D eigenvalue weighted by Gasteiger charge is 2.16. The van der Waals surface area contributed by atoms with Gasteiger partial charge in [-0.25, -0.2) is 0 Å². The average Bonchev–Trinajstić information content (AvgIpc) is 3.13. The zero-order valence-electron chi connectivity index (χ0n) is 13.4. The summed E-state index contributed by atoms with van der Waals surface area (Å²) in [5, 5.41) is 13.7. The van der Waals surface area contributed by atoms with E-state index in [2.05, 4.69) is 5.32 Å². The maximum Gasteiger partial charge on any atom is 0.119 e. The van der Waals surface area contributed by atoms with E-state index in [0.717, 1.165) is 16.9 Å². The summed E-state index contributed by atoms with van der Waals surface area (Å²) in [5.74, 6) is 0.827. The molecule has 3 nitrogen and oxygen atoms in total. The molecule has 0 amide bonds. The van der Waals surface area contributed by atoms with Gasteiger partial charge >= 0.3 is 0 Å². The van der Waals surface area contributed by atoms with E-state index in [4.69, 9.17) is 4.74 Å². The molecule has 1 saturated carbocycles. The number of aliphatic hydroxyl groups excluding tert-OH is 1. The van der Waals surface area contributed by atoms with Crippen LogP contribution in [0.1, 0.15) is 42.9 Å². The summed E-state index contributed by atoms with van der Waals surface area (Å²) in [4.78, 5) is 0. The highest BCUT2D eigenvalue weighted by Crippen LogP contribution is 2.21. The summed E-state index contributed by atoms with van der Waals surface area (Å²) in [6.45, 7) is 1.18. The number of benzene rings is 2. The van der Waals surface area contributed by atoms with E-state index in [1.165, 1.54) is 25.7 Å². The molecule has 2 aromatic carbocycles. The Labute approximate surface area is 138 Å². The molecule has 0 bridgehead atoms. The Morgan fingerprint density at radius 3 is 2.39 bits per heavy atom. The Morgan fingerprint density at radius 1 is 1.00 bits per heavy atom. The van der Waals surface area contributed by atoms with Crippen LogP contribution in [-0.4, -0.2) is 17.7 Å². The first-order valence-corrected chi connectivity index (χ1v) is 8.49. The van der Waals surface area contributed by atoms with Crippen molar-refractivity contribution >= 4 is 0 Å². The molecule has 1 unspecified atom stereocenters. The second-order valence-corrected chi connectivity index (χ2v) is 6.25. The van der Waals surface area contributed by atoms with E-state index in [1.807, 2.05) is 54.6 Å². The Bertz CT molecular complexity index is 576. The predicted octanol–water partition coefficient (Wildman–Crippen LogP) is 3.83. The van der Waals surface area contributed by atoms with Crippen LogP contribution in [0.4, 0.5) is 0 Å². The lowest BCUT2D eigenvalue weighted by Gasteiger charge is -2.16. The third-order valence-corrected chi connectivity index (χ3v) is 4.47. The van der Waals surface area contributed by atoms with Gasteiger partial charge in [0.15, 0.2) is 0 Å². The summed E-state index contributed by atoms with van der Waals surface area (Å²) in [7, 11) is 0. The molecule has 1 fully saturated rings. The van der Waals surface area contributed by atoms with E-state index in [9.17, 15) is 5.11 Å². The highest BCUT2D eigenvalue weighted by molar-refractivity contribution is 5.29. The number of hydrogen-bond acceptors (Lipinski definition) is 3. The van der Waals surface area contributed by atoms with Gasteiger partial charge in [-0.15, -0.1) is 0 Å². The van der Waals surface area contributed by atoms with Crippen molar-refractivity contribution in [1.29, 1.82) is 0 Å². The first kappa shape index (κ1) is 16.0. The minimum Gasteiger partial charge on any atom is -0.489 e. The minimum atomic E-state index is -0.459. The minimum absolute atomic E-state index is 0.459. The van der Waals surface area contributed by atoms with Gasteiger partial charge < -0.3 is 15.2 Å². The zero-order valence-corrected chi connectivity index (χ0v) is 13.4. The number of nitrogens with one attached hydrogen (secondary N) is 1. The summed E-state index contributed by atoms with van der Waals surface area (Å²) < 4.78 is 5.77. The molecule has 3 heteroatoms. The molecular formula is C20H25NO2. The Hall–Kier alpha value is -1.84. The van der Waals surface area contributed by atoms with Crippen molar-refractivity contribution in [3.05, 3.63) is 65.7 Å². The second kappa shape index (κ2) is 8.14.